The molecule has 1 fully saturated rings. The molecule has 8 heteroatoms. The van der Waals surface area contributed by atoms with E-state index in [1.807, 2.05) is 24.3 Å². The molecule has 2 aromatic rings. The summed E-state index contributed by atoms with van der Waals surface area (Å²) in [6.07, 6.45) is 3.73. The Morgan fingerprint density at radius 2 is 2.16 bits per heavy atom. The number of rotatable bonds is 11. The van der Waals surface area contributed by atoms with Gasteiger partial charge in [-0.3, -0.25) is 4.99 Å². The Bertz CT molecular complexity index is 770. The van der Waals surface area contributed by atoms with E-state index in [9.17, 15) is 0 Å². The lowest BCUT2D eigenvalue weighted by atomic mass is 10.1. The Balaban J connectivity index is 0.00000341. The van der Waals surface area contributed by atoms with E-state index in [0.29, 0.717) is 19.1 Å². The molecule has 31 heavy (non-hydrogen) atoms. The van der Waals surface area contributed by atoms with Crippen molar-refractivity contribution in [1.29, 1.82) is 0 Å². The molecule has 1 unspecified atom stereocenters. The minimum Gasteiger partial charge on any atom is -0.497 e. The fourth-order valence-corrected chi connectivity index (χ4v) is 3.53. The summed E-state index contributed by atoms with van der Waals surface area (Å²) in [5.41, 5.74) is 1.22. The number of benzene rings is 1. The molecule has 172 valence electrons. The summed E-state index contributed by atoms with van der Waals surface area (Å²) in [6, 6.07) is 12.1. The molecule has 1 atom stereocenters. The molecule has 0 bridgehead atoms. The molecular formula is C23H35IN4O3. The molecule has 1 aromatic carbocycles. The number of aliphatic imine (C=N–C) groups is 1. The molecule has 0 spiro atoms. The number of halogens is 1. The molecule has 7 nitrogen and oxygen atoms in total. The summed E-state index contributed by atoms with van der Waals surface area (Å²) in [7, 11) is 1.71. The van der Waals surface area contributed by atoms with Gasteiger partial charge in [0.1, 0.15) is 18.1 Å². The quantitative estimate of drug-likeness (QED) is 0.194. The van der Waals surface area contributed by atoms with Crippen LogP contribution in [0.1, 0.15) is 25.5 Å². The Hall–Kier alpha value is -1.94. The number of anilines is 1. The van der Waals surface area contributed by atoms with E-state index < -0.39 is 0 Å². The number of methoxy groups -OCH3 is 1. The second kappa shape index (κ2) is 14.2. The van der Waals surface area contributed by atoms with Crippen LogP contribution in [0.25, 0.3) is 0 Å². The summed E-state index contributed by atoms with van der Waals surface area (Å²) in [4.78, 5) is 7.22. The van der Waals surface area contributed by atoms with Gasteiger partial charge in [-0.2, -0.15) is 0 Å². The van der Waals surface area contributed by atoms with Gasteiger partial charge >= 0.3 is 0 Å². The zero-order valence-electron chi connectivity index (χ0n) is 18.5. The number of ether oxygens (including phenoxy) is 2. The van der Waals surface area contributed by atoms with Crippen LogP contribution in [0.4, 0.5) is 5.69 Å². The van der Waals surface area contributed by atoms with Crippen molar-refractivity contribution in [2.24, 2.45) is 10.9 Å². The van der Waals surface area contributed by atoms with E-state index >= 15 is 0 Å². The average molecular weight is 542 g/mol. The first-order valence-corrected chi connectivity index (χ1v) is 10.8. The zero-order valence-corrected chi connectivity index (χ0v) is 20.8. The van der Waals surface area contributed by atoms with E-state index in [0.717, 1.165) is 63.0 Å². The highest BCUT2D eigenvalue weighted by Gasteiger charge is 2.22. The van der Waals surface area contributed by atoms with Crippen LogP contribution in [0.15, 0.2) is 52.1 Å². The molecular weight excluding hydrogens is 507 g/mol. The molecule has 1 aliphatic heterocycles. The van der Waals surface area contributed by atoms with E-state index in [1.54, 1.807) is 13.4 Å². The second-order valence-electron chi connectivity index (χ2n) is 7.43. The third kappa shape index (κ3) is 8.60. The molecule has 0 amide bonds. The highest BCUT2D eigenvalue weighted by Crippen LogP contribution is 2.26. The normalized spacial score (nSPS) is 16.1. The van der Waals surface area contributed by atoms with Crippen molar-refractivity contribution < 1.29 is 13.9 Å². The lowest BCUT2D eigenvalue weighted by molar-refractivity contribution is 0.105. The molecule has 0 aliphatic carbocycles. The predicted octanol–water partition coefficient (Wildman–Crippen LogP) is 3.89. The van der Waals surface area contributed by atoms with Crippen LogP contribution in [-0.2, 0) is 11.3 Å². The Morgan fingerprint density at radius 1 is 1.26 bits per heavy atom. The van der Waals surface area contributed by atoms with Crippen molar-refractivity contribution in [3.8, 4) is 5.75 Å². The van der Waals surface area contributed by atoms with Crippen LogP contribution in [0.2, 0.25) is 0 Å². The van der Waals surface area contributed by atoms with Crippen molar-refractivity contribution in [2.75, 3.05) is 51.3 Å². The number of furan rings is 1. The van der Waals surface area contributed by atoms with Gasteiger partial charge in [-0.15, -0.1) is 24.0 Å². The maximum atomic E-state index is 5.62. The maximum Gasteiger partial charge on any atom is 0.191 e. The van der Waals surface area contributed by atoms with Crippen molar-refractivity contribution in [3.63, 3.8) is 0 Å². The topological polar surface area (TPSA) is 71.3 Å². The van der Waals surface area contributed by atoms with Crippen molar-refractivity contribution in [3.05, 3.63) is 48.4 Å². The van der Waals surface area contributed by atoms with Crippen molar-refractivity contribution in [1.82, 2.24) is 10.6 Å². The van der Waals surface area contributed by atoms with Gasteiger partial charge in [-0.05, 0) is 49.9 Å². The van der Waals surface area contributed by atoms with Gasteiger partial charge in [0, 0.05) is 51.1 Å². The summed E-state index contributed by atoms with van der Waals surface area (Å²) < 4.78 is 16.2. The van der Waals surface area contributed by atoms with Crippen molar-refractivity contribution in [2.45, 2.75) is 26.4 Å². The number of guanidine groups is 1. The minimum absolute atomic E-state index is 0. The predicted molar refractivity (Wildman–Crippen MR) is 136 cm³/mol. The fourth-order valence-electron chi connectivity index (χ4n) is 3.53. The van der Waals surface area contributed by atoms with E-state index in [1.165, 1.54) is 5.69 Å². The number of nitrogens with one attached hydrogen (secondary N) is 2. The molecule has 3 rings (SSSR count). The molecule has 0 saturated carbocycles. The second-order valence-corrected chi connectivity index (χ2v) is 7.43. The van der Waals surface area contributed by atoms with E-state index in [2.05, 4.69) is 34.6 Å². The smallest absolute Gasteiger partial charge is 0.191 e. The van der Waals surface area contributed by atoms with Crippen LogP contribution in [-0.4, -0.2) is 52.4 Å². The van der Waals surface area contributed by atoms with Crippen LogP contribution in [0, 0.1) is 5.92 Å². The molecule has 1 aromatic heterocycles. The summed E-state index contributed by atoms with van der Waals surface area (Å²) in [5, 5.41) is 6.73. The molecule has 2 heterocycles. The molecule has 1 aliphatic rings. The number of nitrogens with zero attached hydrogens (tertiary/aromatic N) is 2. The first kappa shape index (κ1) is 25.3. The van der Waals surface area contributed by atoms with Gasteiger partial charge in [-0.25, -0.2) is 0 Å². The summed E-state index contributed by atoms with van der Waals surface area (Å²) in [6.45, 7) is 7.87. The lowest BCUT2D eigenvalue weighted by Gasteiger charge is -2.19. The standard InChI is InChI=1S/C23H34N4O3.HI/c1-3-24-23(25-11-6-13-29-18-22-9-5-14-30-22)26-16-19-10-12-27(17-19)20-7-4-8-21(15-20)28-2;/h4-5,7-9,14-15,19H,3,6,10-13,16-18H2,1-2H3,(H2,24,25,26);1H. The highest BCUT2D eigenvalue weighted by molar-refractivity contribution is 14.0. The fraction of sp³-hybridized carbons (Fsp3) is 0.522. The Morgan fingerprint density at radius 3 is 2.94 bits per heavy atom. The van der Waals surface area contributed by atoms with Gasteiger partial charge in [-0.1, -0.05) is 6.07 Å². The van der Waals surface area contributed by atoms with Gasteiger partial charge in [0.15, 0.2) is 5.96 Å². The molecule has 0 radical (unpaired) electrons. The molecule has 1 saturated heterocycles. The maximum absolute atomic E-state index is 5.62. The Labute approximate surface area is 202 Å². The van der Waals surface area contributed by atoms with Crippen LogP contribution >= 0.6 is 24.0 Å². The monoisotopic (exact) mass is 542 g/mol. The van der Waals surface area contributed by atoms with Crippen LogP contribution in [0.3, 0.4) is 0 Å². The lowest BCUT2D eigenvalue weighted by Crippen LogP contribution is -2.38. The molecule has 2 N–H and O–H groups in total. The first-order valence-electron chi connectivity index (χ1n) is 10.8. The number of hydrogen-bond donors (Lipinski definition) is 2. The summed E-state index contributed by atoms with van der Waals surface area (Å²) >= 11 is 0. The van der Waals surface area contributed by atoms with Gasteiger partial charge in [0.05, 0.1) is 13.4 Å². The van der Waals surface area contributed by atoms with Crippen molar-refractivity contribution >= 4 is 35.6 Å². The third-order valence-electron chi connectivity index (χ3n) is 5.14. The Kier molecular flexibility index (Phi) is 11.6. The average Bonchev–Trinajstić information content (AvgIpc) is 3.46. The number of hydrogen-bond acceptors (Lipinski definition) is 5. The first-order chi connectivity index (χ1) is 14.8. The van der Waals surface area contributed by atoms with Crippen LogP contribution in [0.5, 0.6) is 5.75 Å². The van der Waals surface area contributed by atoms with E-state index in [-0.39, 0.29) is 24.0 Å². The van der Waals surface area contributed by atoms with Gasteiger partial charge in [0.2, 0.25) is 0 Å². The van der Waals surface area contributed by atoms with Gasteiger partial charge in [0.25, 0.3) is 0 Å². The van der Waals surface area contributed by atoms with Crippen LogP contribution < -0.4 is 20.3 Å². The summed E-state index contributed by atoms with van der Waals surface area (Å²) in [5.74, 6) is 3.20. The minimum atomic E-state index is 0. The zero-order chi connectivity index (χ0) is 21.0. The largest absolute Gasteiger partial charge is 0.497 e. The third-order valence-corrected chi connectivity index (χ3v) is 5.14. The van der Waals surface area contributed by atoms with E-state index in [4.69, 9.17) is 18.9 Å². The SMILES string of the molecule is CCNC(=NCC1CCN(c2cccc(OC)c2)C1)NCCCOCc1ccco1.I. The highest BCUT2D eigenvalue weighted by atomic mass is 127. The van der Waals surface area contributed by atoms with Gasteiger partial charge < -0.3 is 29.4 Å².